The Hall–Kier alpha value is -3.74. The average Bonchev–Trinajstić information content (AvgIpc) is 3.04. The number of para-hydroxylation sites is 1. The van der Waals surface area contributed by atoms with E-state index in [4.69, 9.17) is 14.8 Å². The second kappa shape index (κ2) is 9.60. The molecule has 0 aliphatic carbocycles. The van der Waals surface area contributed by atoms with Gasteiger partial charge in [-0.15, -0.1) is 0 Å². The van der Waals surface area contributed by atoms with Crippen LogP contribution in [0, 0.1) is 0 Å². The fraction of sp³-hybridized carbons (Fsp3) is 0.280. The molecule has 0 saturated carbocycles. The number of hydrogen-bond acceptors (Lipinski definition) is 6. The Bertz CT molecular complexity index is 1120. The second-order valence-corrected chi connectivity index (χ2v) is 7.55. The molecular weight excluding hydrogens is 402 g/mol. The molecule has 0 unspecified atom stereocenters. The number of likely N-dealkylation sites (N-methyl/N-ethyl adjacent to an activating group) is 1. The topological polar surface area (TPSA) is 78.6 Å². The minimum absolute atomic E-state index is 0.0153. The van der Waals surface area contributed by atoms with Gasteiger partial charge in [-0.1, -0.05) is 24.3 Å². The molecule has 0 spiro atoms. The van der Waals surface area contributed by atoms with Gasteiger partial charge in [0, 0.05) is 43.4 Å². The zero-order valence-electron chi connectivity index (χ0n) is 18.6. The number of aliphatic imine (C=N–C) groups is 2. The number of amides is 1. The SMILES string of the molecule is CCOc1ccccc1C1=NN(C)[C@@H](C2=CCN=CC(c3ccc(C(=O)NC)cc3)=N2)C1. The minimum atomic E-state index is -0.113. The van der Waals surface area contributed by atoms with Crippen LogP contribution in [-0.2, 0) is 0 Å². The molecule has 0 fully saturated rings. The summed E-state index contributed by atoms with van der Waals surface area (Å²) in [7, 11) is 3.59. The van der Waals surface area contributed by atoms with Crippen molar-refractivity contribution in [2.24, 2.45) is 15.1 Å². The Kier molecular flexibility index (Phi) is 6.44. The van der Waals surface area contributed by atoms with Crippen molar-refractivity contribution in [3.05, 3.63) is 77.0 Å². The van der Waals surface area contributed by atoms with E-state index in [1.54, 1.807) is 25.4 Å². The number of benzene rings is 2. The lowest BCUT2D eigenvalue weighted by atomic mass is 10.0. The molecule has 0 saturated heterocycles. The number of nitrogens with zero attached hydrogens (tertiary/aromatic N) is 4. The molecule has 164 valence electrons. The quantitative estimate of drug-likeness (QED) is 0.765. The van der Waals surface area contributed by atoms with E-state index < -0.39 is 0 Å². The van der Waals surface area contributed by atoms with E-state index in [9.17, 15) is 4.79 Å². The van der Waals surface area contributed by atoms with E-state index in [1.807, 2.05) is 55.4 Å². The van der Waals surface area contributed by atoms with E-state index in [2.05, 4.69) is 16.4 Å². The number of carbonyl (C=O) groups excluding carboxylic acids is 1. The zero-order chi connectivity index (χ0) is 22.5. The Morgan fingerprint density at radius 3 is 2.72 bits per heavy atom. The Morgan fingerprint density at radius 2 is 1.97 bits per heavy atom. The van der Waals surface area contributed by atoms with Crippen LogP contribution in [0.1, 0.15) is 34.8 Å². The summed E-state index contributed by atoms with van der Waals surface area (Å²) < 4.78 is 5.80. The predicted octanol–water partition coefficient (Wildman–Crippen LogP) is 3.31. The van der Waals surface area contributed by atoms with Crippen molar-refractivity contribution in [2.45, 2.75) is 19.4 Å². The van der Waals surface area contributed by atoms with Crippen molar-refractivity contribution in [1.82, 2.24) is 10.3 Å². The van der Waals surface area contributed by atoms with Crippen LogP contribution in [0.2, 0.25) is 0 Å². The number of ether oxygens (including phenoxy) is 1. The molecule has 0 bridgehead atoms. The minimum Gasteiger partial charge on any atom is -0.493 e. The summed E-state index contributed by atoms with van der Waals surface area (Å²) in [5.41, 5.74) is 5.23. The summed E-state index contributed by atoms with van der Waals surface area (Å²) in [6, 6.07) is 15.4. The summed E-state index contributed by atoms with van der Waals surface area (Å²) in [5.74, 6) is 0.736. The monoisotopic (exact) mass is 429 g/mol. The molecule has 1 N–H and O–H groups in total. The van der Waals surface area contributed by atoms with Crippen LogP contribution >= 0.6 is 0 Å². The van der Waals surface area contributed by atoms with Gasteiger partial charge in [-0.25, -0.2) is 4.99 Å². The van der Waals surface area contributed by atoms with Gasteiger partial charge >= 0.3 is 0 Å². The number of hydrazone groups is 1. The van der Waals surface area contributed by atoms with Crippen LogP contribution in [0.25, 0.3) is 0 Å². The van der Waals surface area contributed by atoms with E-state index >= 15 is 0 Å². The highest BCUT2D eigenvalue weighted by Crippen LogP contribution is 2.29. The summed E-state index contributed by atoms with van der Waals surface area (Å²) in [6.45, 7) is 3.15. The van der Waals surface area contributed by atoms with Crippen LogP contribution in [0.15, 0.2) is 75.4 Å². The Balaban J connectivity index is 1.58. The molecule has 2 aliphatic heterocycles. The Morgan fingerprint density at radius 1 is 1.19 bits per heavy atom. The highest BCUT2D eigenvalue weighted by molar-refractivity contribution is 6.38. The number of carbonyl (C=O) groups is 1. The van der Waals surface area contributed by atoms with Crippen molar-refractivity contribution >= 4 is 23.5 Å². The zero-order valence-corrected chi connectivity index (χ0v) is 18.6. The van der Waals surface area contributed by atoms with Gasteiger partial charge in [0.1, 0.15) is 5.75 Å². The van der Waals surface area contributed by atoms with E-state index in [-0.39, 0.29) is 11.9 Å². The highest BCUT2D eigenvalue weighted by Gasteiger charge is 2.29. The van der Waals surface area contributed by atoms with E-state index in [1.165, 1.54) is 0 Å². The second-order valence-electron chi connectivity index (χ2n) is 7.55. The molecule has 2 heterocycles. The van der Waals surface area contributed by atoms with Gasteiger partial charge < -0.3 is 10.1 Å². The largest absolute Gasteiger partial charge is 0.493 e. The van der Waals surface area contributed by atoms with Gasteiger partial charge in [0.25, 0.3) is 5.91 Å². The maximum Gasteiger partial charge on any atom is 0.251 e. The van der Waals surface area contributed by atoms with E-state index in [0.717, 1.165) is 40.4 Å². The van der Waals surface area contributed by atoms with Gasteiger partial charge in [-0.05, 0) is 37.3 Å². The summed E-state index contributed by atoms with van der Waals surface area (Å²) in [6.07, 6.45) is 4.58. The lowest BCUT2D eigenvalue weighted by Gasteiger charge is -2.19. The Labute approximate surface area is 188 Å². The van der Waals surface area contributed by atoms with E-state index in [0.29, 0.717) is 18.7 Å². The maximum atomic E-state index is 11.8. The maximum absolute atomic E-state index is 11.8. The lowest BCUT2D eigenvalue weighted by Crippen LogP contribution is -2.25. The molecule has 7 nitrogen and oxygen atoms in total. The van der Waals surface area contributed by atoms with Crippen molar-refractivity contribution in [3.63, 3.8) is 0 Å². The van der Waals surface area contributed by atoms with Gasteiger partial charge in [-0.2, -0.15) is 5.10 Å². The summed E-state index contributed by atoms with van der Waals surface area (Å²) in [5, 5.41) is 9.40. The molecule has 2 aliphatic rings. The van der Waals surface area contributed by atoms with Gasteiger partial charge in [-0.3, -0.25) is 14.8 Å². The third-order valence-corrected chi connectivity index (χ3v) is 5.49. The van der Waals surface area contributed by atoms with Crippen molar-refractivity contribution < 1.29 is 9.53 Å². The van der Waals surface area contributed by atoms with Crippen LogP contribution in [0.3, 0.4) is 0 Å². The normalized spacial score (nSPS) is 17.9. The molecule has 4 rings (SSSR count). The summed E-state index contributed by atoms with van der Waals surface area (Å²) >= 11 is 0. The first-order valence-corrected chi connectivity index (χ1v) is 10.7. The van der Waals surface area contributed by atoms with Crippen LogP contribution in [0.5, 0.6) is 5.75 Å². The molecule has 0 aromatic heterocycles. The van der Waals surface area contributed by atoms with Crippen LogP contribution < -0.4 is 10.1 Å². The molecule has 0 radical (unpaired) electrons. The lowest BCUT2D eigenvalue weighted by molar-refractivity contribution is 0.0963. The molecule has 2 aromatic carbocycles. The number of hydrogen-bond donors (Lipinski definition) is 1. The van der Waals surface area contributed by atoms with Gasteiger partial charge in [0.15, 0.2) is 0 Å². The van der Waals surface area contributed by atoms with Gasteiger partial charge in [0.05, 0.1) is 36.3 Å². The first-order valence-electron chi connectivity index (χ1n) is 10.7. The average molecular weight is 430 g/mol. The summed E-state index contributed by atoms with van der Waals surface area (Å²) in [4.78, 5) is 21.2. The fourth-order valence-corrected chi connectivity index (χ4v) is 3.85. The first-order chi connectivity index (χ1) is 15.6. The van der Waals surface area contributed by atoms with Crippen LogP contribution in [0.4, 0.5) is 0 Å². The number of nitrogens with one attached hydrogen (secondary N) is 1. The van der Waals surface area contributed by atoms with Crippen molar-refractivity contribution in [3.8, 4) is 5.75 Å². The van der Waals surface area contributed by atoms with Gasteiger partial charge in [0.2, 0.25) is 0 Å². The van der Waals surface area contributed by atoms with Crippen molar-refractivity contribution in [1.29, 1.82) is 0 Å². The third-order valence-electron chi connectivity index (χ3n) is 5.49. The smallest absolute Gasteiger partial charge is 0.251 e. The first kappa shape index (κ1) is 21.5. The van der Waals surface area contributed by atoms with Crippen molar-refractivity contribution in [2.75, 3.05) is 27.2 Å². The van der Waals surface area contributed by atoms with Crippen LogP contribution in [-0.4, -0.2) is 61.8 Å². The molecule has 2 aromatic rings. The molecule has 1 amide bonds. The number of rotatable bonds is 6. The molecule has 7 heteroatoms. The standard InChI is InChI=1S/C25H27N5O2/c1-4-32-24-8-6-5-7-19(24)21-15-23(30(3)29-21)20-13-14-27-16-22(28-20)17-9-11-18(12-10-17)25(31)26-2/h5-13,16,23H,4,14-15H2,1-3H3,(H,26,31)/t23-/m1/s1. The molecule has 1 atom stereocenters. The highest BCUT2D eigenvalue weighted by atomic mass is 16.5. The predicted molar refractivity (Wildman–Crippen MR) is 128 cm³/mol. The molecule has 32 heavy (non-hydrogen) atoms. The molecular formula is C25H27N5O2. The third kappa shape index (κ3) is 4.46. The fourth-order valence-electron chi connectivity index (χ4n) is 3.85.